The van der Waals surface area contributed by atoms with Crippen LogP contribution >= 0.6 is 0 Å². The van der Waals surface area contributed by atoms with E-state index in [-0.39, 0.29) is 12.2 Å². The number of nitrogens with zero attached hydrogens (tertiary/aromatic N) is 1. The first-order chi connectivity index (χ1) is 5.61. The predicted octanol–water partition coefficient (Wildman–Crippen LogP) is 3.28. The van der Waals surface area contributed by atoms with E-state index < -0.39 is 0 Å². The third kappa shape index (κ3) is 3.72. The summed E-state index contributed by atoms with van der Waals surface area (Å²) in [5.74, 6) is -0.292. The van der Waals surface area contributed by atoms with Gasteiger partial charge in [0.25, 0.3) is 0 Å². The van der Waals surface area contributed by atoms with Gasteiger partial charge in [-0.05, 0) is 31.1 Å². The van der Waals surface area contributed by atoms with Crippen LogP contribution in [-0.4, -0.2) is 0 Å². The highest BCUT2D eigenvalue weighted by Gasteiger charge is 1.95. The van der Waals surface area contributed by atoms with Gasteiger partial charge in [-0.25, -0.2) is 4.39 Å². The van der Waals surface area contributed by atoms with Crippen molar-refractivity contribution in [3.05, 3.63) is 35.7 Å². The maximum Gasteiger partial charge on any atom is 0.122 e. The summed E-state index contributed by atoms with van der Waals surface area (Å²) >= 11 is 0. The van der Waals surface area contributed by atoms with Gasteiger partial charge in [0.1, 0.15) is 5.83 Å². The van der Waals surface area contributed by atoms with Gasteiger partial charge in [-0.3, -0.25) is 0 Å². The smallest absolute Gasteiger partial charge is 0.122 e. The van der Waals surface area contributed by atoms with Crippen LogP contribution < -0.4 is 0 Å². The van der Waals surface area contributed by atoms with E-state index in [0.717, 1.165) is 0 Å². The molecule has 0 bridgehead atoms. The van der Waals surface area contributed by atoms with Gasteiger partial charge in [-0.2, -0.15) is 5.26 Å². The Morgan fingerprint density at radius 1 is 1.58 bits per heavy atom. The van der Waals surface area contributed by atoms with Crippen LogP contribution in [0.3, 0.4) is 0 Å². The molecule has 0 aliphatic carbocycles. The van der Waals surface area contributed by atoms with Gasteiger partial charge in [0, 0.05) is 0 Å². The standard InChI is InChI=1S/C10H12FN/c1-4-9(5-6-12)7-10(11)8(2)3/h4,7H,1,5H2,2-3H3/b9-7+. The van der Waals surface area contributed by atoms with Gasteiger partial charge in [0.2, 0.25) is 0 Å². The van der Waals surface area contributed by atoms with Crippen LogP contribution in [0, 0.1) is 11.3 Å². The fraction of sp³-hybridized carbons (Fsp3) is 0.300. The fourth-order valence-corrected chi connectivity index (χ4v) is 0.581. The molecule has 0 aromatic rings. The Hall–Kier alpha value is -1.36. The molecule has 2 heteroatoms. The first-order valence-electron chi connectivity index (χ1n) is 3.64. The van der Waals surface area contributed by atoms with Gasteiger partial charge in [-0.15, -0.1) is 0 Å². The Kier molecular flexibility index (Phi) is 4.71. The van der Waals surface area contributed by atoms with Gasteiger partial charge in [0.05, 0.1) is 12.5 Å². The minimum absolute atomic E-state index is 0.199. The summed E-state index contributed by atoms with van der Waals surface area (Å²) in [6.07, 6.45) is 3.03. The van der Waals surface area contributed by atoms with Crippen LogP contribution in [0.15, 0.2) is 35.7 Å². The Morgan fingerprint density at radius 2 is 2.17 bits per heavy atom. The third-order valence-corrected chi connectivity index (χ3v) is 1.34. The van der Waals surface area contributed by atoms with Crippen LogP contribution in [0.1, 0.15) is 20.3 Å². The fourth-order valence-electron chi connectivity index (χ4n) is 0.581. The van der Waals surface area contributed by atoms with Crippen molar-refractivity contribution in [1.29, 1.82) is 5.26 Å². The van der Waals surface area contributed by atoms with E-state index in [4.69, 9.17) is 5.26 Å². The summed E-state index contributed by atoms with van der Waals surface area (Å²) in [4.78, 5) is 0. The zero-order valence-electron chi connectivity index (χ0n) is 7.39. The number of hydrogen-bond acceptors (Lipinski definition) is 1. The second-order valence-electron chi connectivity index (χ2n) is 2.61. The average molecular weight is 165 g/mol. The van der Waals surface area contributed by atoms with Crippen LogP contribution in [0.5, 0.6) is 0 Å². The van der Waals surface area contributed by atoms with Crippen molar-refractivity contribution in [2.24, 2.45) is 0 Å². The lowest BCUT2D eigenvalue weighted by atomic mass is 10.1. The lowest BCUT2D eigenvalue weighted by Crippen LogP contribution is -1.78. The molecule has 0 spiro atoms. The molecule has 0 amide bonds. The molecule has 0 rings (SSSR count). The Labute approximate surface area is 72.5 Å². The van der Waals surface area contributed by atoms with E-state index in [1.807, 2.05) is 6.07 Å². The largest absolute Gasteiger partial charge is 0.207 e. The molecular formula is C10H12FN. The molecule has 0 atom stereocenters. The summed E-state index contributed by atoms with van der Waals surface area (Å²) in [5, 5.41) is 8.34. The average Bonchev–Trinajstić information content (AvgIpc) is 2.03. The van der Waals surface area contributed by atoms with Gasteiger partial charge in [-0.1, -0.05) is 12.7 Å². The number of hydrogen-bond donors (Lipinski definition) is 0. The Morgan fingerprint density at radius 3 is 2.50 bits per heavy atom. The zero-order valence-corrected chi connectivity index (χ0v) is 7.39. The normalized spacial score (nSPS) is 10.3. The van der Waals surface area contributed by atoms with Crippen LogP contribution in [-0.2, 0) is 0 Å². The summed E-state index contributed by atoms with van der Waals surface area (Å²) in [6.45, 7) is 6.84. The van der Waals surface area contributed by atoms with E-state index in [0.29, 0.717) is 11.1 Å². The summed E-state index contributed by atoms with van der Waals surface area (Å²) < 4.78 is 12.9. The minimum Gasteiger partial charge on any atom is -0.207 e. The quantitative estimate of drug-likeness (QED) is 0.589. The monoisotopic (exact) mass is 165 g/mol. The SMILES string of the molecule is C=C/C(=C\C(F)=C(C)C)CC#N. The topological polar surface area (TPSA) is 23.8 Å². The molecule has 0 saturated heterocycles. The molecule has 0 aliphatic heterocycles. The lowest BCUT2D eigenvalue weighted by molar-refractivity contribution is 0.653. The highest BCUT2D eigenvalue weighted by Crippen LogP contribution is 2.11. The maximum absolute atomic E-state index is 12.9. The molecule has 0 aromatic carbocycles. The molecule has 0 aromatic heterocycles. The van der Waals surface area contributed by atoms with Crippen LogP contribution in [0.2, 0.25) is 0 Å². The number of nitriles is 1. The Bertz CT molecular complexity index is 262. The zero-order chi connectivity index (χ0) is 9.56. The van der Waals surface area contributed by atoms with Crippen molar-refractivity contribution >= 4 is 0 Å². The van der Waals surface area contributed by atoms with Gasteiger partial charge < -0.3 is 0 Å². The second-order valence-corrected chi connectivity index (χ2v) is 2.61. The molecule has 64 valence electrons. The molecule has 0 aliphatic rings. The molecule has 0 radical (unpaired) electrons. The van der Waals surface area contributed by atoms with Crippen LogP contribution in [0.25, 0.3) is 0 Å². The van der Waals surface area contributed by atoms with Crippen LogP contribution in [0.4, 0.5) is 4.39 Å². The minimum atomic E-state index is -0.292. The second kappa shape index (κ2) is 5.31. The molecule has 12 heavy (non-hydrogen) atoms. The first-order valence-corrected chi connectivity index (χ1v) is 3.64. The maximum atomic E-state index is 12.9. The van der Waals surface area contributed by atoms with E-state index in [2.05, 4.69) is 6.58 Å². The van der Waals surface area contributed by atoms with Crippen molar-refractivity contribution in [2.75, 3.05) is 0 Å². The van der Waals surface area contributed by atoms with Crippen molar-refractivity contribution in [3.8, 4) is 6.07 Å². The summed E-state index contributed by atoms with van der Waals surface area (Å²) in [6, 6.07) is 1.93. The number of allylic oxidation sites excluding steroid dienone is 5. The predicted molar refractivity (Wildman–Crippen MR) is 48.0 cm³/mol. The van der Waals surface area contributed by atoms with E-state index in [9.17, 15) is 4.39 Å². The van der Waals surface area contributed by atoms with E-state index in [1.165, 1.54) is 12.2 Å². The lowest BCUT2D eigenvalue weighted by Gasteiger charge is -1.94. The molecule has 0 saturated carbocycles. The highest BCUT2D eigenvalue weighted by atomic mass is 19.1. The number of rotatable bonds is 3. The van der Waals surface area contributed by atoms with Gasteiger partial charge >= 0.3 is 0 Å². The van der Waals surface area contributed by atoms with Crippen molar-refractivity contribution < 1.29 is 4.39 Å². The molecule has 0 fully saturated rings. The molecule has 1 nitrogen and oxygen atoms in total. The molecule has 0 N–H and O–H groups in total. The molecular weight excluding hydrogens is 153 g/mol. The van der Waals surface area contributed by atoms with E-state index >= 15 is 0 Å². The van der Waals surface area contributed by atoms with Gasteiger partial charge in [0.15, 0.2) is 0 Å². The van der Waals surface area contributed by atoms with Crippen molar-refractivity contribution in [2.45, 2.75) is 20.3 Å². The van der Waals surface area contributed by atoms with E-state index in [1.54, 1.807) is 13.8 Å². The highest BCUT2D eigenvalue weighted by molar-refractivity contribution is 5.29. The summed E-state index contributed by atoms with van der Waals surface area (Å²) in [7, 11) is 0. The van der Waals surface area contributed by atoms with Crippen molar-refractivity contribution in [1.82, 2.24) is 0 Å². The molecule has 0 heterocycles. The van der Waals surface area contributed by atoms with Crippen molar-refractivity contribution in [3.63, 3.8) is 0 Å². The third-order valence-electron chi connectivity index (χ3n) is 1.34. The summed E-state index contributed by atoms with van der Waals surface area (Å²) in [5.41, 5.74) is 1.21. The molecule has 0 unspecified atom stereocenters. The Balaban J connectivity index is 4.63. The number of halogens is 1. The first kappa shape index (κ1) is 10.6.